The molecule has 0 radical (unpaired) electrons. The highest BCUT2D eigenvalue weighted by atomic mass is 35.5. The number of nitrogens with two attached hydrogens (primary N) is 1. The van der Waals surface area contributed by atoms with E-state index in [4.69, 9.17) is 22.1 Å². The Balaban J connectivity index is 2.41. The van der Waals surface area contributed by atoms with Crippen LogP contribution in [-0.4, -0.2) is 37.3 Å². The molecule has 2 unspecified atom stereocenters. The number of rotatable bonds is 3. The van der Waals surface area contributed by atoms with E-state index in [-0.39, 0.29) is 11.8 Å². The lowest BCUT2D eigenvalue weighted by Gasteiger charge is -2.23. The summed E-state index contributed by atoms with van der Waals surface area (Å²) in [5.41, 5.74) is 6.59. The predicted molar refractivity (Wildman–Crippen MR) is 72.2 cm³/mol. The van der Waals surface area contributed by atoms with Crippen LogP contribution in [0.1, 0.15) is 18.0 Å². The zero-order valence-electron chi connectivity index (χ0n) is 10.7. The van der Waals surface area contributed by atoms with Gasteiger partial charge in [0.05, 0.1) is 7.11 Å². The standard InChI is InChI=1S/C13H19ClN2O2/c1-16-7-8(6-15)5-10(16)12-9(14)3-4-11(17)13(12)18-2/h3-4,8,10,17H,5-7,15H2,1-2H3. The van der Waals surface area contributed by atoms with E-state index in [0.29, 0.717) is 23.2 Å². The number of phenolic OH excluding ortho intramolecular Hbond substituents is 1. The number of aromatic hydroxyl groups is 1. The Morgan fingerprint density at radius 2 is 2.28 bits per heavy atom. The minimum atomic E-state index is 0.126. The largest absolute Gasteiger partial charge is 0.504 e. The van der Waals surface area contributed by atoms with Crippen LogP contribution in [0.15, 0.2) is 12.1 Å². The summed E-state index contributed by atoms with van der Waals surface area (Å²) in [6.45, 7) is 1.61. The molecule has 1 saturated heterocycles. The lowest BCUT2D eigenvalue weighted by molar-refractivity contribution is 0.298. The zero-order valence-corrected chi connectivity index (χ0v) is 11.4. The van der Waals surface area contributed by atoms with Gasteiger partial charge < -0.3 is 15.6 Å². The van der Waals surface area contributed by atoms with E-state index in [1.807, 2.05) is 7.05 Å². The maximum Gasteiger partial charge on any atom is 0.166 e. The average molecular weight is 271 g/mol. The number of nitrogens with zero attached hydrogens (tertiary/aromatic N) is 1. The summed E-state index contributed by atoms with van der Waals surface area (Å²) < 4.78 is 5.29. The molecule has 18 heavy (non-hydrogen) atoms. The summed E-state index contributed by atoms with van der Waals surface area (Å²) in [5, 5.41) is 10.5. The molecule has 3 N–H and O–H groups in total. The van der Waals surface area contributed by atoms with Gasteiger partial charge in [-0.25, -0.2) is 0 Å². The maximum atomic E-state index is 9.86. The molecule has 0 saturated carbocycles. The molecule has 1 heterocycles. The molecule has 2 atom stereocenters. The van der Waals surface area contributed by atoms with Crippen molar-refractivity contribution in [2.45, 2.75) is 12.5 Å². The Bertz CT molecular complexity index is 439. The highest BCUT2D eigenvalue weighted by Crippen LogP contribution is 2.45. The molecule has 1 fully saturated rings. The van der Waals surface area contributed by atoms with Gasteiger partial charge in [0.2, 0.25) is 0 Å². The molecule has 0 aliphatic carbocycles. The Kier molecular flexibility index (Phi) is 4.00. The first-order valence-electron chi connectivity index (χ1n) is 6.04. The molecule has 0 amide bonds. The van der Waals surface area contributed by atoms with Gasteiger partial charge in [-0.2, -0.15) is 0 Å². The van der Waals surface area contributed by atoms with Gasteiger partial charge in [0.1, 0.15) is 0 Å². The van der Waals surface area contributed by atoms with Crippen LogP contribution >= 0.6 is 11.6 Å². The number of halogens is 1. The highest BCUT2D eigenvalue weighted by molar-refractivity contribution is 6.31. The van der Waals surface area contributed by atoms with Crippen molar-refractivity contribution in [3.63, 3.8) is 0 Å². The Hall–Kier alpha value is -0.970. The number of phenols is 1. The minimum absolute atomic E-state index is 0.126. The van der Waals surface area contributed by atoms with Crippen molar-refractivity contribution in [3.05, 3.63) is 22.7 Å². The lowest BCUT2D eigenvalue weighted by Crippen LogP contribution is -2.21. The van der Waals surface area contributed by atoms with Gasteiger partial charge in [0.15, 0.2) is 11.5 Å². The lowest BCUT2D eigenvalue weighted by atomic mass is 9.98. The molecule has 0 spiro atoms. The molecular formula is C13H19ClN2O2. The molecule has 1 aliphatic heterocycles. The third kappa shape index (κ3) is 2.28. The summed E-state index contributed by atoms with van der Waals surface area (Å²) in [6, 6.07) is 3.41. The van der Waals surface area contributed by atoms with Crippen LogP contribution in [0, 0.1) is 5.92 Å². The number of methoxy groups -OCH3 is 1. The highest BCUT2D eigenvalue weighted by Gasteiger charge is 2.33. The molecule has 100 valence electrons. The third-order valence-corrected chi connectivity index (χ3v) is 3.96. The molecular weight excluding hydrogens is 252 g/mol. The van der Waals surface area contributed by atoms with E-state index >= 15 is 0 Å². The smallest absolute Gasteiger partial charge is 0.166 e. The predicted octanol–water partition coefficient (Wildman–Crippen LogP) is 2.01. The number of hydrogen-bond donors (Lipinski definition) is 2. The Labute approximate surface area is 112 Å². The molecule has 1 aliphatic rings. The number of hydrogen-bond acceptors (Lipinski definition) is 4. The molecule has 4 nitrogen and oxygen atoms in total. The SMILES string of the molecule is COc1c(O)ccc(Cl)c1C1CC(CN)CN1C. The number of ether oxygens (including phenoxy) is 1. The van der Waals surface area contributed by atoms with Gasteiger partial charge in [0.25, 0.3) is 0 Å². The van der Waals surface area contributed by atoms with Crippen LogP contribution in [0.25, 0.3) is 0 Å². The molecule has 0 aromatic heterocycles. The molecule has 1 aromatic rings. The van der Waals surface area contributed by atoms with E-state index in [0.717, 1.165) is 18.5 Å². The van der Waals surface area contributed by atoms with Crippen molar-refractivity contribution in [1.82, 2.24) is 4.90 Å². The van der Waals surface area contributed by atoms with Gasteiger partial charge in [-0.1, -0.05) is 11.6 Å². The number of likely N-dealkylation sites (tertiary alicyclic amines) is 1. The number of benzene rings is 1. The van der Waals surface area contributed by atoms with Gasteiger partial charge >= 0.3 is 0 Å². The summed E-state index contributed by atoms with van der Waals surface area (Å²) in [5.74, 6) is 1.06. The second-order valence-electron chi connectivity index (χ2n) is 4.81. The van der Waals surface area contributed by atoms with Gasteiger partial charge in [0, 0.05) is 23.2 Å². The summed E-state index contributed by atoms with van der Waals surface area (Å²) >= 11 is 6.27. The molecule has 2 rings (SSSR count). The second kappa shape index (κ2) is 5.34. The van der Waals surface area contributed by atoms with Crippen LogP contribution in [-0.2, 0) is 0 Å². The normalized spacial score (nSPS) is 24.4. The first-order valence-corrected chi connectivity index (χ1v) is 6.42. The van der Waals surface area contributed by atoms with Crippen molar-refractivity contribution in [1.29, 1.82) is 0 Å². The van der Waals surface area contributed by atoms with E-state index in [1.54, 1.807) is 19.2 Å². The topological polar surface area (TPSA) is 58.7 Å². The van der Waals surface area contributed by atoms with Crippen molar-refractivity contribution >= 4 is 11.6 Å². The molecule has 1 aromatic carbocycles. The van der Waals surface area contributed by atoms with Crippen LogP contribution in [0.2, 0.25) is 5.02 Å². The van der Waals surface area contributed by atoms with Gasteiger partial charge in [-0.3, -0.25) is 4.90 Å². The second-order valence-corrected chi connectivity index (χ2v) is 5.21. The van der Waals surface area contributed by atoms with Crippen LogP contribution in [0.4, 0.5) is 0 Å². The first kappa shape index (κ1) is 13.5. The molecule has 5 heteroatoms. The fourth-order valence-corrected chi connectivity index (χ4v) is 2.98. The zero-order chi connectivity index (χ0) is 13.3. The van der Waals surface area contributed by atoms with Crippen molar-refractivity contribution in [3.8, 4) is 11.5 Å². The van der Waals surface area contributed by atoms with E-state index in [2.05, 4.69) is 4.90 Å². The summed E-state index contributed by atoms with van der Waals surface area (Å²) in [7, 11) is 3.59. The van der Waals surface area contributed by atoms with Gasteiger partial charge in [-0.05, 0) is 38.1 Å². The van der Waals surface area contributed by atoms with Crippen molar-refractivity contribution in [2.75, 3.05) is 27.2 Å². The van der Waals surface area contributed by atoms with Crippen molar-refractivity contribution < 1.29 is 9.84 Å². The van der Waals surface area contributed by atoms with Crippen LogP contribution in [0.3, 0.4) is 0 Å². The van der Waals surface area contributed by atoms with Gasteiger partial charge in [-0.15, -0.1) is 0 Å². The van der Waals surface area contributed by atoms with Crippen LogP contribution in [0.5, 0.6) is 11.5 Å². The summed E-state index contributed by atoms with van der Waals surface area (Å²) in [6.07, 6.45) is 0.937. The fourth-order valence-electron chi connectivity index (χ4n) is 2.70. The summed E-state index contributed by atoms with van der Waals surface area (Å²) in [4.78, 5) is 2.21. The maximum absolute atomic E-state index is 9.86. The quantitative estimate of drug-likeness (QED) is 0.882. The van der Waals surface area contributed by atoms with E-state index in [9.17, 15) is 5.11 Å². The Morgan fingerprint density at radius 3 is 2.83 bits per heavy atom. The third-order valence-electron chi connectivity index (χ3n) is 3.63. The Morgan fingerprint density at radius 1 is 1.56 bits per heavy atom. The van der Waals surface area contributed by atoms with Crippen LogP contribution < -0.4 is 10.5 Å². The van der Waals surface area contributed by atoms with E-state index < -0.39 is 0 Å². The van der Waals surface area contributed by atoms with E-state index in [1.165, 1.54) is 0 Å². The molecule has 0 bridgehead atoms. The average Bonchev–Trinajstić information content (AvgIpc) is 2.73. The van der Waals surface area contributed by atoms with Crippen molar-refractivity contribution in [2.24, 2.45) is 11.7 Å². The monoisotopic (exact) mass is 270 g/mol. The fraction of sp³-hybridized carbons (Fsp3) is 0.538. The first-order chi connectivity index (χ1) is 8.58. The minimum Gasteiger partial charge on any atom is -0.504 e.